The highest BCUT2D eigenvalue weighted by Crippen LogP contribution is 2.19. The summed E-state index contributed by atoms with van der Waals surface area (Å²) < 4.78 is 16.5. The van der Waals surface area contributed by atoms with E-state index in [0.29, 0.717) is 18.5 Å². The summed E-state index contributed by atoms with van der Waals surface area (Å²) in [6, 6.07) is 17.4. The number of carbonyl (C=O) groups excluding carboxylic acids is 3. The highest BCUT2D eigenvalue weighted by molar-refractivity contribution is 5.89. The molecule has 1 aliphatic rings. The van der Waals surface area contributed by atoms with Crippen LogP contribution >= 0.6 is 0 Å². The minimum absolute atomic E-state index is 0.0899. The number of likely N-dealkylation sites (tertiary alicyclic amines) is 1. The molecule has 8 nitrogen and oxygen atoms in total. The molecule has 1 fully saturated rings. The van der Waals surface area contributed by atoms with Crippen molar-refractivity contribution in [3.63, 3.8) is 0 Å². The minimum Gasteiger partial charge on any atom is -0.455 e. The number of nitrogens with zero attached hydrogens (tertiary/aromatic N) is 1. The van der Waals surface area contributed by atoms with Gasteiger partial charge in [-0.25, -0.2) is 14.4 Å². The van der Waals surface area contributed by atoms with E-state index < -0.39 is 35.9 Å². The van der Waals surface area contributed by atoms with E-state index in [2.05, 4.69) is 5.32 Å². The summed E-state index contributed by atoms with van der Waals surface area (Å²) in [5, 5.41) is 2.78. The van der Waals surface area contributed by atoms with Gasteiger partial charge in [-0.1, -0.05) is 48.5 Å². The SMILES string of the molecule is CC(C)(C)OC(=O)N[C@H]1CCN(C(=O)OCc2ccccc2)C[C@H]1OC(=O)c1ccccc1. The lowest BCUT2D eigenvalue weighted by Crippen LogP contribution is -2.57. The van der Waals surface area contributed by atoms with Crippen molar-refractivity contribution >= 4 is 18.2 Å². The molecule has 176 valence electrons. The van der Waals surface area contributed by atoms with Gasteiger partial charge in [0.1, 0.15) is 18.3 Å². The molecule has 2 amide bonds. The number of piperidine rings is 1. The van der Waals surface area contributed by atoms with Gasteiger partial charge in [-0.05, 0) is 44.9 Å². The van der Waals surface area contributed by atoms with Crippen molar-refractivity contribution in [2.75, 3.05) is 13.1 Å². The van der Waals surface area contributed by atoms with Crippen molar-refractivity contribution in [2.45, 2.75) is 51.5 Å². The van der Waals surface area contributed by atoms with Gasteiger partial charge in [0.2, 0.25) is 0 Å². The van der Waals surface area contributed by atoms with Crippen LogP contribution in [-0.4, -0.2) is 53.9 Å². The number of hydrogen-bond donors (Lipinski definition) is 1. The predicted octanol–water partition coefficient (Wildman–Crippen LogP) is 4.15. The maximum absolute atomic E-state index is 12.7. The zero-order valence-corrected chi connectivity index (χ0v) is 19.2. The quantitative estimate of drug-likeness (QED) is 0.539. The first-order valence-electron chi connectivity index (χ1n) is 10.9. The van der Waals surface area contributed by atoms with Crippen molar-refractivity contribution in [3.05, 3.63) is 71.8 Å². The maximum atomic E-state index is 12.7. The largest absolute Gasteiger partial charge is 0.455 e. The van der Waals surface area contributed by atoms with Gasteiger partial charge in [-0.3, -0.25) is 0 Å². The van der Waals surface area contributed by atoms with E-state index >= 15 is 0 Å². The third-order valence-electron chi connectivity index (χ3n) is 4.99. The Labute approximate surface area is 193 Å². The normalized spacial score (nSPS) is 18.2. The van der Waals surface area contributed by atoms with Crippen LogP contribution in [0.1, 0.15) is 43.1 Å². The van der Waals surface area contributed by atoms with Crippen LogP contribution in [0.2, 0.25) is 0 Å². The molecule has 33 heavy (non-hydrogen) atoms. The van der Waals surface area contributed by atoms with Gasteiger partial charge < -0.3 is 24.4 Å². The standard InChI is InChI=1S/C25H30N2O6/c1-25(2,3)33-23(29)26-20-14-15-27(24(30)31-17-18-10-6-4-7-11-18)16-21(20)32-22(28)19-12-8-5-9-13-19/h4-13,20-21H,14-17H2,1-3H3,(H,26,29)/t20-,21+/m0/s1. The van der Waals surface area contributed by atoms with Gasteiger partial charge in [0.25, 0.3) is 0 Å². The molecular formula is C25H30N2O6. The second kappa shape index (κ2) is 10.8. The van der Waals surface area contributed by atoms with Crippen LogP contribution in [0.3, 0.4) is 0 Å². The highest BCUT2D eigenvalue weighted by atomic mass is 16.6. The number of nitrogens with one attached hydrogen (secondary N) is 1. The molecule has 2 aromatic carbocycles. The van der Waals surface area contributed by atoms with Crippen LogP contribution in [0.15, 0.2) is 60.7 Å². The summed E-state index contributed by atoms with van der Waals surface area (Å²) in [5.41, 5.74) is 0.596. The number of rotatable bonds is 5. The maximum Gasteiger partial charge on any atom is 0.410 e. The molecule has 1 aliphatic heterocycles. The lowest BCUT2D eigenvalue weighted by atomic mass is 10.0. The summed E-state index contributed by atoms with van der Waals surface area (Å²) in [6.07, 6.45) is -1.49. The molecule has 0 aromatic heterocycles. The van der Waals surface area contributed by atoms with Gasteiger partial charge in [-0.2, -0.15) is 0 Å². The molecule has 0 saturated carbocycles. The number of carbonyl (C=O) groups is 3. The molecule has 2 aromatic rings. The Morgan fingerprint density at radius 1 is 1.00 bits per heavy atom. The van der Waals surface area contributed by atoms with Crippen molar-refractivity contribution < 1.29 is 28.6 Å². The van der Waals surface area contributed by atoms with Crippen LogP contribution < -0.4 is 5.32 Å². The average molecular weight is 455 g/mol. The molecule has 0 unspecified atom stereocenters. The van der Waals surface area contributed by atoms with Gasteiger partial charge in [-0.15, -0.1) is 0 Å². The zero-order chi connectivity index (χ0) is 23.8. The number of alkyl carbamates (subject to hydrolysis) is 1. The van der Waals surface area contributed by atoms with Crippen LogP contribution in [0, 0.1) is 0 Å². The summed E-state index contributed by atoms with van der Waals surface area (Å²) >= 11 is 0. The second-order valence-corrected chi connectivity index (χ2v) is 8.84. The molecule has 0 spiro atoms. The molecule has 2 atom stereocenters. The molecular weight excluding hydrogens is 424 g/mol. The average Bonchev–Trinajstić information content (AvgIpc) is 2.78. The second-order valence-electron chi connectivity index (χ2n) is 8.84. The summed E-state index contributed by atoms with van der Waals surface area (Å²) in [4.78, 5) is 39.1. The first kappa shape index (κ1) is 24.1. The molecule has 1 N–H and O–H groups in total. The monoisotopic (exact) mass is 454 g/mol. The molecule has 1 heterocycles. The van der Waals surface area contributed by atoms with Gasteiger partial charge in [0.15, 0.2) is 0 Å². The smallest absolute Gasteiger partial charge is 0.410 e. The lowest BCUT2D eigenvalue weighted by Gasteiger charge is -2.37. The Morgan fingerprint density at radius 3 is 2.27 bits per heavy atom. The summed E-state index contributed by atoms with van der Waals surface area (Å²) in [5.74, 6) is -0.531. The van der Waals surface area contributed by atoms with E-state index in [1.165, 1.54) is 4.90 Å². The van der Waals surface area contributed by atoms with Crippen molar-refractivity contribution in [2.24, 2.45) is 0 Å². The van der Waals surface area contributed by atoms with E-state index in [1.807, 2.05) is 30.3 Å². The predicted molar refractivity (Wildman–Crippen MR) is 122 cm³/mol. The van der Waals surface area contributed by atoms with E-state index in [1.54, 1.807) is 51.1 Å². The Balaban J connectivity index is 1.66. The van der Waals surface area contributed by atoms with Gasteiger partial charge in [0.05, 0.1) is 18.2 Å². The highest BCUT2D eigenvalue weighted by Gasteiger charge is 2.36. The molecule has 8 heteroatoms. The van der Waals surface area contributed by atoms with Crippen LogP contribution in [-0.2, 0) is 20.8 Å². The topological polar surface area (TPSA) is 94.2 Å². The summed E-state index contributed by atoms with van der Waals surface area (Å²) in [7, 11) is 0. The molecule has 1 saturated heterocycles. The Kier molecular flexibility index (Phi) is 7.92. The molecule has 0 radical (unpaired) electrons. The van der Waals surface area contributed by atoms with E-state index in [-0.39, 0.29) is 13.2 Å². The summed E-state index contributed by atoms with van der Waals surface area (Å²) in [6.45, 7) is 5.88. The fourth-order valence-electron chi connectivity index (χ4n) is 3.42. The lowest BCUT2D eigenvalue weighted by molar-refractivity contribution is -0.0126. The van der Waals surface area contributed by atoms with E-state index in [9.17, 15) is 14.4 Å². The zero-order valence-electron chi connectivity index (χ0n) is 19.2. The van der Waals surface area contributed by atoms with E-state index in [0.717, 1.165) is 5.56 Å². The fourth-order valence-corrected chi connectivity index (χ4v) is 3.42. The van der Waals surface area contributed by atoms with Crippen molar-refractivity contribution in [1.82, 2.24) is 10.2 Å². The third kappa shape index (κ3) is 7.52. The fraction of sp³-hybridized carbons (Fsp3) is 0.400. The van der Waals surface area contributed by atoms with Gasteiger partial charge >= 0.3 is 18.2 Å². The molecule has 0 bridgehead atoms. The molecule has 0 aliphatic carbocycles. The first-order chi connectivity index (χ1) is 15.7. The minimum atomic E-state index is -0.761. The Hall–Kier alpha value is -3.55. The van der Waals surface area contributed by atoms with Gasteiger partial charge in [0, 0.05) is 6.54 Å². The third-order valence-corrected chi connectivity index (χ3v) is 4.99. The van der Waals surface area contributed by atoms with Crippen LogP contribution in [0.25, 0.3) is 0 Å². The van der Waals surface area contributed by atoms with Crippen molar-refractivity contribution in [1.29, 1.82) is 0 Å². The first-order valence-corrected chi connectivity index (χ1v) is 10.9. The van der Waals surface area contributed by atoms with Crippen LogP contribution in [0.5, 0.6) is 0 Å². The van der Waals surface area contributed by atoms with Crippen molar-refractivity contribution in [3.8, 4) is 0 Å². The number of benzene rings is 2. The van der Waals surface area contributed by atoms with E-state index in [4.69, 9.17) is 14.2 Å². The Morgan fingerprint density at radius 2 is 1.64 bits per heavy atom. The molecule has 3 rings (SSSR count). The van der Waals surface area contributed by atoms with Crippen LogP contribution in [0.4, 0.5) is 9.59 Å². The number of ether oxygens (including phenoxy) is 3. The number of esters is 1. The Bertz CT molecular complexity index is 942. The number of amides is 2. The number of hydrogen-bond acceptors (Lipinski definition) is 6.